The SMILES string of the molecule is COc1cc(Cl)ccc1S(=O)(=O)NCC(N)(C(=O)O)C(=O)OCc1ccccc1. The fraction of sp³-hybridized carbons (Fsp3) is 0.222. The van der Waals surface area contributed by atoms with Crippen LogP contribution in [0.2, 0.25) is 5.02 Å². The number of carboxylic acid groups (broad SMARTS) is 1. The molecule has 1 unspecified atom stereocenters. The molecule has 0 bridgehead atoms. The van der Waals surface area contributed by atoms with Crippen LogP contribution < -0.4 is 15.2 Å². The van der Waals surface area contributed by atoms with Gasteiger partial charge in [-0.2, -0.15) is 0 Å². The van der Waals surface area contributed by atoms with Crippen LogP contribution in [0.5, 0.6) is 5.75 Å². The van der Waals surface area contributed by atoms with E-state index in [1.165, 1.54) is 25.3 Å². The number of nitrogens with two attached hydrogens (primary N) is 1. The van der Waals surface area contributed by atoms with Gasteiger partial charge in [-0.25, -0.2) is 22.7 Å². The number of sulfonamides is 1. The minimum atomic E-state index is -4.27. The van der Waals surface area contributed by atoms with Crippen LogP contribution in [0.15, 0.2) is 53.4 Å². The Morgan fingerprint density at radius 1 is 1.21 bits per heavy atom. The Bertz CT molecular complexity index is 999. The van der Waals surface area contributed by atoms with Crippen molar-refractivity contribution in [3.05, 3.63) is 59.1 Å². The Hall–Kier alpha value is -2.66. The number of carbonyl (C=O) groups excluding carboxylic acids is 1. The summed E-state index contributed by atoms with van der Waals surface area (Å²) in [4.78, 5) is 23.6. The van der Waals surface area contributed by atoms with Crippen molar-refractivity contribution in [2.75, 3.05) is 13.7 Å². The largest absolute Gasteiger partial charge is 0.495 e. The third-order valence-electron chi connectivity index (χ3n) is 3.91. The molecule has 0 amide bonds. The van der Waals surface area contributed by atoms with E-state index in [-0.39, 0.29) is 22.3 Å². The summed E-state index contributed by atoms with van der Waals surface area (Å²) in [6.45, 7) is -1.16. The Morgan fingerprint density at radius 2 is 1.86 bits per heavy atom. The first kappa shape index (κ1) is 22.6. The third kappa shape index (κ3) is 5.45. The first-order valence-electron chi connectivity index (χ1n) is 8.17. The number of hydrogen-bond donors (Lipinski definition) is 3. The molecule has 156 valence electrons. The van der Waals surface area contributed by atoms with Crippen LogP contribution in [0.25, 0.3) is 0 Å². The van der Waals surface area contributed by atoms with Crippen molar-refractivity contribution < 1.29 is 32.6 Å². The number of benzene rings is 2. The lowest BCUT2D eigenvalue weighted by Gasteiger charge is -2.23. The van der Waals surface area contributed by atoms with Gasteiger partial charge in [0, 0.05) is 11.1 Å². The third-order valence-corrected chi connectivity index (χ3v) is 5.59. The quantitative estimate of drug-likeness (QED) is 0.387. The van der Waals surface area contributed by atoms with Crippen molar-refractivity contribution >= 4 is 33.6 Å². The summed E-state index contributed by atoms with van der Waals surface area (Å²) in [5.41, 5.74) is 3.65. The van der Waals surface area contributed by atoms with Crippen molar-refractivity contribution in [3.8, 4) is 5.75 Å². The lowest BCUT2D eigenvalue weighted by atomic mass is 10.0. The van der Waals surface area contributed by atoms with Gasteiger partial charge in [-0.15, -0.1) is 0 Å². The first-order valence-corrected chi connectivity index (χ1v) is 10.0. The number of halogens is 1. The van der Waals surface area contributed by atoms with Crippen molar-refractivity contribution in [3.63, 3.8) is 0 Å². The van der Waals surface area contributed by atoms with Crippen LogP contribution in [0.3, 0.4) is 0 Å². The Morgan fingerprint density at radius 3 is 2.45 bits per heavy atom. The maximum absolute atomic E-state index is 12.6. The van der Waals surface area contributed by atoms with Crippen molar-refractivity contribution in [2.24, 2.45) is 5.73 Å². The molecule has 4 N–H and O–H groups in total. The highest BCUT2D eigenvalue weighted by Crippen LogP contribution is 2.27. The number of carbonyl (C=O) groups is 2. The Labute approximate surface area is 172 Å². The Balaban J connectivity index is 2.17. The van der Waals surface area contributed by atoms with Gasteiger partial charge in [-0.05, 0) is 17.7 Å². The predicted octanol–water partition coefficient (Wildman–Crippen LogP) is 1.15. The number of rotatable bonds is 9. The van der Waals surface area contributed by atoms with E-state index in [4.69, 9.17) is 26.8 Å². The number of esters is 1. The highest BCUT2D eigenvalue weighted by atomic mass is 35.5. The van der Waals surface area contributed by atoms with Gasteiger partial charge in [0.05, 0.1) is 13.7 Å². The smallest absolute Gasteiger partial charge is 0.339 e. The molecule has 0 saturated carbocycles. The zero-order valence-electron chi connectivity index (χ0n) is 15.3. The summed E-state index contributed by atoms with van der Waals surface area (Å²) in [7, 11) is -3.03. The van der Waals surface area contributed by atoms with Gasteiger partial charge in [0.25, 0.3) is 0 Å². The number of hydrogen-bond acceptors (Lipinski definition) is 7. The van der Waals surface area contributed by atoms with Crippen LogP contribution in [0.1, 0.15) is 5.56 Å². The second-order valence-corrected chi connectivity index (χ2v) is 8.13. The number of nitrogens with one attached hydrogen (secondary N) is 1. The zero-order valence-corrected chi connectivity index (χ0v) is 16.9. The summed E-state index contributed by atoms with van der Waals surface area (Å²) < 4.78 is 37.1. The van der Waals surface area contributed by atoms with Gasteiger partial charge in [-0.3, -0.25) is 0 Å². The molecule has 0 aliphatic heterocycles. The fourth-order valence-electron chi connectivity index (χ4n) is 2.24. The molecule has 0 aromatic heterocycles. The molecule has 0 heterocycles. The molecule has 9 nitrogen and oxygen atoms in total. The van der Waals surface area contributed by atoms with Gasteiger partial charge in [-0.1, -0.05) is 41.9 Å². The lowest BCUT2D eigenvalue weighted by molar-refractivity contribution is -0.161. The molecule has 29 heavy (non-hydrogen) atoms. The number of aliphatic carboxylic acids is 1. The van der Waals surface area contributed by atoms with Crippen molar-refractivity contribution in [2.45, 2.75) is 17.0 Å². The highest BCUT2D eigenvalue weighted by Gasteiger charge is 2.45. The second-order valence-electron chi connectivity index (χ2n) is 5.96. The monoisotopic (exact) mass is 442 g/mol. The topological polar surface area (TPSA) is 145 Å². The average Bonchev–Trinajstić information content (AvgIpc) is 2.70. The summed E-state index contributed by atoms with van der Waals surface area (Å²) in [5, 5.41) is 9.64. The van der Waals surface area contributed by atoms with E-state index in [9.17, 15) is 23.1 Å². The molecule has 2 rings (SSSR count). The first-order chi connectivity index (χ1) is 13.6. The number of ether oxygens (including phenoxy) is 2. The summed E-state index contributed by atoms with van der Waals surface area (Å²) in [6.07, 6.45) is 0. The molecule has 0 aliphatic carbocycles. The molecule has 0 aliphatic rings. The molecular weight excluding hydrogens is 424 g/mol. The molecule has 0 radical (unpaired) electrons. The number of methoxy groups -OCH3 is 1. The average molecular weight is 443 g/mol. The van der Waals surface area contributed by atoms with Gasteiger partial charge in [0.15, 0.2) is 0 Å². The van der Waals surface area contributed by atoms with E-state index in [1.807, 2.05) is 4.72 Å². The fourth-order valence-corrected chi connectivity index (χ4v) is 3.63. The van der Waals surface area contributed by atoms with E-state index >= 15 is 0 Å². The molecule has 0 fully saturated rings. The minimum Gasteiger partial charge on any atom is -0.495 e. The van der Waals surface area contributed by atoms with Crippen molar-refractivity contribution in [1.29, 1.82) is 0 Å². The van der Waals surface area contributed by atoms with Crippen LogP contribution in [0.4, 0.5) is 0 Å². The molecule has 2 aromatic carbocycles. The van der Waals surface area contributed by atoms with Crippen LogP contribution >= 0.6 is 11.6 Å². The van der Waals surface area contributed by atoms with Crippen molar-refractivity contribution in [1.82, 2.24) is 4.72 Å². The molecule has 2 aromatic rings. The second kappa shape index (κ2) is 9.23. The standard InChI is InChI=1S/C18H19ClN2O7S/c1-27-14-9-13(19)7-8-15(14)29(25,26)21-11-18(20,16(22)23)17(24)28-10-12-5-3-2-4-6-12/h2-9,21H,10-11,20H2,1H3,(H,22,23). The minimum absolute atomic E-state index is 0.0606. The molecule has 0 spiro atoms. The van der Waals surface area contributed by atoms with Gasteiger partial charge in [0.1, 0.15) is 17.3 Å². The molecule has 1 atom stereocenters. The normalized spacial score (nSPS) is 13.3. The summed E-state index contributed by atoms with van der Waals surface area (Å²) in [6, 6.07) is 12.3. The Kier molecular flexibility index (Phi) is 7.20. The van der Waals surface area contributed by atoms with Crippen LogP contribution in [-0.4, -0.2) is 44.7 Å². The van der Waals surface area contributed by atoms with E-state index in [0.717, 1.165) is 0 Å². The van der Waals surface area contributed by atoms with Gasteiger partial charge >= 0.3 is 11.9 Å². The van der Waals surface area contributed by atoms with Gasteiger partial charge < -0.3 is 20.3 Å². The maximum Gasteiger partial charge on any atom is 0.339 e. The van der Waals surface area contributed by atoms with E-state index in [2.05, 4.69) is 0 Å². The predicted molar refractivity (Wildman–Crippen MR) is 104 cm³/mol. The van der Waals surface area contributed by atoms with Crippen LogP contribution in [-0.2, 0) is 31.0 Å². The summed E-state index contributed by atoms with van der Waals surface area (Å²) in [5.74, 6) is -3.10. The molecule has 0 saturated heterocycles. The van der Waals surface area contributed by atoms with E-state index in [1.54, 1.807) is 30.3 Å². The molecular formula is C18H19ClN2O7S. The highest BCUT2D eigenvalue weighted by molar-refractivity contribution is 7.89. The van der Waals surface area contributed by atoms with E-state index < -0.39 is 34.0 Å². The summed E-state index contributed by atoms with van der Waals surface area (Å²) >= 11 is 5.81. The number of carboxylic acids is 1. The van der Waals surface area contributed by atoms with E-state index in [0.29, 0.717) is 5.56 Å². The van der Waals surface area contributed by atoms with Gasteiger partial charge in [0.2, 0.25) is 15.6 Å². The van der Waals surface area contributed by atoms with Crippen LogP contribution in [0, 0.1) is 0 Å². The zero-order chi connectivity index (χ0) is 21.7. The molecule has 11 heteroatoms. The lowest BCUT2D eigenvalue weighted by Crippen LogP contribution is -2.62. The maximum atomic E-state index is 12.6.